The number of hydrogen-bond donors (Lipinski definition) is 1. The van der Waals surface area contributed by atoms with E-state index in [-0.39, 0.29) is 11.9 Å². The lowest BCUT2D eigenvalue weighted by Crippen LogP contribution is -2.50. The maximum absolute atomic E-state index is 12.1. The first kappa shape index (κ1) is 13.6. The molecular formula is C14H22N4O2. The molecule has 1 aromatic rings. The highest BCUT2D eigenvalue weighted by Crippen LogP contribution is 2.19. The third-order valence-corrected chi connectivity index (χ3v) is 4.24. The minimum Gasteiger partial charge on any atom is -0.378 e. The SMILES string of the molecule is Cc1nccn1CC(=O)N[C@H]1COC[C@@H]1N1CCCC1. The van der Waals surface area contributed by atoms with Gasteiger partial charge in [0.25, 0.3) is 0 Å². The van der Waals surface area contributed by atoms with E-state index in [4.69, 9.17) is 4.74 Å². The summed E-state index contributed by atoms with van der Waals surface area (Å²) in [7, 11) is 0. The van der Waals surface area contributed by atoms with Gasteiger partial charge in [-0.25, -0.2) is 4.98 Å². The molecule has 1 aromatic heterocycles. The summed E-state index contributed by atoms with van der Waals surface area (Å²) in [4.78, 5) is 18.7. The van der Waals surface area contributed by atoms with Gasteiger partial charge in [0.05, 0.1) is 25.3 Å². The van der Waals surface area contributed by atoms with E-state index in [0.717, 1.165) is 25.5 Å². The van der Waals surface area contributed by atoms with Crippen molar-refractivity contribution in [3.8, 4) is 0 Å². The lowest BCUT2D eigenvalue weighted by molar-refractivity contribution is -0.122. The number of nitrogens with zero attached hydrogens (tertiary/aromatic N) is 3. The molecule has 0 spiro atoms. The van der Waals surface area contributed by atoms with Crippen LogP contribution < -0.4 is 5.32 Å². The average molecular weight is 278 g/mol. The number of carbonyl (C=O) groups is 1. The molecule has 3 heterocycles. The van der Waals surface area contributed by atoms with Gasteiger partial charge < -0.3 is 14.6 Å². The van der Waals surface area contributed by atoms with Crippen LogP contribution in [0, 0.1) is 6.92 Å². The van der Waals surface area contributed by atoms with Crippen LogP contribution in [0.25, 0.3) is 0 Å². The summed E-state index contributed by atoms with van der Waals surface area (Å²) < 4.78 is 7.42. The van der Waals surface area contributed by atoms with Gasteiger partial charge >= 0.3 is 0 Å². The van der Waals surface area contributed by atoms with Crippen molar-refractivity contribution in [2.24, 2.45) is 0 Å². The molecule has 0 aliphatic carbocycles. The van der Waals surface area contributed by atoms with E-state index < -0.39 is 0 Å². The first-order valence-corrected chi connectivity index (χ1v) is 7.33. The lowest BCUT2D eigenvalue weighted by Gasteiger charge is -2.28. The van der Waals surface area contributed by atoms with Gasteiger partial charge in [0.1, 0.15) is 12.4 Å². The van der Waals surface area contributed by atoms with Crippen molar-refractivity contribution in [2.75, 3.05) is 26.3 Å². The molecule has 3 rings (SSSR count). The molecule has 6 nitrogen and oxygen atoms in total. The largest absolute Gasteiger partial charge is 0.378 e. The number of aromatic nitrogens is 2. The zero-order valence-corrected chi connectivity index (χ0v) is 11.9. The lowest BCUT2D eigenvalue weighted by atomic mass is 10.1. The highest BCUT2D eigenvalue weighted by atomic mass is 16.5. The number of likely N-dealkylation sites (tertiary alicyclic amines) is 1. The van der Waals surface area contributed by atoms with Crippen LogP contribution in [0.3, 0.4) is 0 Å². The van der Waals surface area contributed by atoms with E-state index >= 15 is 0 Å². The number of amides is 1. The molecule has 2 fully saturated rings. The summed E-state index contributed by atoms with van der Waals surface area (Å²) in [5.41, 5.74) is 0. The van der Waals surface area contributed by atoms with Gasteiger partial charge in [-0.15, -0.1) is 0 Å². The first-order valence-electron chi connectivity index (χ1n) is 7.33. The molecule has 0 bridgehead atoms. The molecule has 2 aliphatic rings. The van der Waals surface area contributed by atoms with Crippen molar-refractivity contribution < 1.29 is 9.53 Å². The van der Waals surface area contributed by atoms with E-state index in [0.29, 0.717) is 19.2 Å². The smallest absolute Gasteiger partial charge is 0.240 e. The van der Waals surface area contributed by atoms with E-state index in [1.165, 1.54) is 12.8 Å². The predicted molar refractivity (Wildman–Crippen MR) is 74.3 cm³/mol. The highest BCUT2D eigenvalue weighted by Gasteiger charge is 2.35. The van der Waals surface area contributed by atoms with Gasteiger partial charge in [-0.3, -0.25) is 9.69 Å². The number of imidazole rings is 1. The molecule has 6 heteroatoms. The minimum absolute atomic E-state index is 0.0331. The van der Waals surface area contributed by atoms with Crippen LogP contribution in [-0.2, 0) is 16.1 Å². The Bertz CT molecular complexity index is 467. The van der Waals surface area contributed by atoms with E-state index in [9.17, 15) is 4.79 Å². The first-order chi connectivity index (χ1) is 9.74. The van der Waals surface area contributed by atoms with Crippen LogP contribution in [-0.4, -0.2) is 58.7 Å². The van der Waals surface area contributed by atoms with Gasteiger partial charge in [0.2, 0.25) is 5.91 Å². The fraction of sp³-hybridized carbons (Fsp3) is 0.714. The van der Waals surface area contributed by atoms with E-state index in [1.807, 2.05) is 17.7 Å². The molecular weight excluding hydrogens is 256 g/mol. The number of aryl methyl sites for hydroxylation is 1. The van der Waals surface area contributed by atoms with Crippen LogP contribution in [0.4, 0.5) is 0 Å². The Kier molecular flexibility index (Phi) is 4.03. The molecule has 0 aromatic carbocycles. The quantitative estimate of drug-likeness (QED) is 0.853. The fourth-order valence-corrected chi connectivity index (χ4v) is 3.09. The second-order valence-corrected chi connectivity index (χ2v) is 5.62. The van der Waals surface area contributed by atoms with Crippen LogP contribution in [0.5, 0.6) is 0 Å². The summed E-state index contributed by atoms with van der Waals surface area (Å²) in [6, 6.07) is 0.453. The Morgan fingerprint density at radius 2 is 2.25 bits per heavy atom. The molecule has 110 valence electrons. The van der Waals surface area contributed by atoms with Gasteiger partial charge in [-0.1, -0.05) is 0 Å². The number of nitrogens with one attached hydrogen (secondary N) is 1. The Morgan fingerprint density at radius 1 is 1.45 bits per heavy atom. The van der Waals surface area contributed by atoms with Crippen molar-refractivity contribution >= 4 is 5.91 Å². The zero-order chi connectivity index (χ0) is 13.9. The van der Waals surface area contributed by atoms with Crippen molar-refractivity contribution in [1.29, 1.82) is 0 Å². The molecule has 2 saturated heterocycles. The standard InChI is InChI=1S/C14H22N4O2/c1-11-15-4-7-18(11)8-14(19)16-12-9-20-10-13(12)17-5-2-3-6-17/h4,7,12-13H,2-3,5-6,8-10H2,1H3,(H,16,19)/t12-,13-/m0/s1. The minimum atomic E-state index is 0.0331. The Morgan fingerprint density at radius 3 is 2.95 bits per heavy atom. The molecule has 1 N–H and O–H groups in total. The highest BCUT2D eigenvalue weighted by molar-refractivity contribution is 5.76. The molecule has 2 aliphatic heterocycles. The number of hydrogen-bond acceptors (Lipinski definition) is 4. The van der Waals surface area contributed by atoms with Gasteiger partial charge in [-0.2, -0.15) is 0 Å². The van der Waals surface area contributed by atoms with Crippen LogP contribution >= 0.6 is 0 Å². The van der Waals surface area contributed by atoms with Crippen LogP contribution in [0.15, 0.2) is 12.4 Å². The van der Waals surface area contributed by atoms with Crippen molar-refractivity contribution in [2.45, 2.75) is 38.4 Å². The number of carbonyl (C=O) groups excluding carboxylic acids is 1. The second-order valence-electron chi connectivity index (χ2n) is 5.62. The molecule has 0 saturated carbocycles. The zero-order valence-electron chi connectivity index (χ0n) is 11.9. The van der Waals surface area contributed by atoms with Crippen LogP contribution in [0.1, 0.15) is 18.7 Å². The van der Waals surface area contributed by atoms with Gasteiger partial charge in [0.15, 0.2) is 0 Å². The van der Waals surface area contributed by atoms with E-state index in [1.54, 1.807) is 6.20 Å². The Hall–Kier alpha value is -1.40. The van der Waals surface area contributed by atoms with Crippen LogP contribution in [0.2, 0.25) is 0 Å². The summed E-state index contributed by atoms with van der Waals surface area (Å²) in [6.45, 7) is 5.83. The number of rotatable bonds is 4. The molecule has 0 radical (unpaired) electrons. The number of ether oxygens (including phenoxy) is 1. The maximum Gasteiger partial charge on any atom is 0.240 e. The van der Waals surface area contributed by atoms with Crippen molar-refractivity contribution in [1.82, 2.24) is 19.8 Å². The summed E-state index contributed by atoms with van der Waals surface area (Å²) >= 11 is 0. The Labute approximate surface area is 119 Å². The van der Waals surface area contributed by atoms with Gasteiger partial charge in [0, 0.05) is 12.4 Å². The third kappa shape index (κ3) is 2.86. The molecule has 2 atom stereocenters. The molecule has 20 heavy (non-hydrogen) atoms. The van der Waals surface area contributed by atoms with E-state index in [2.05, 4.69) is 15.2 Å². The fourth-order valence-electron chi connectivity index (χ4n) is 3.09. The second kappa shape index (κ2) is 5.93. The molecule has 1 amide bonds. The predicted octanol–water partition coefficient (Wildman–Crippen LogP) is 0.171. The summed E-state index contributed by atoms with van der Waals surface area (Å²) in [6.07, 6.45) is 6.06. The van der Waals surface area contributed by atoms with Crippen molar-refractivity contribution in [3.63, 3.8) is 0 Å². The summed E-state index contributed by atoms with van der Waals surface area (Å²) in [5, 5.41) is 3.12. The third-order valence-electron chi connectivity index (χ3n) is 4.24. The van der Waals surface area contributed by atoms with Gasteiger partial charge in [-0.05, 0) is 32.9 Å². The molecule has 0 unspecified atom stereocenters. The summed E-state index contributed by atoms with van der Waals surface area (Å²) in [5.74, 6) is 0.893. The monoisotopic (exact) mass is 278 g/mol. The normalized spacial score (nSPS) is 27.1. The Balaban J connectivity index is 1.56. The van der Waals surface area contributed by atoms with Crippen molar-refractivity contribution in [3.05, 3.63) is 18.2 Å². The average Bonchev–Trinajstić information content (AvgIpc) is 3.11. The maximum atomic E-state index is 12.1. The topological polar surface area (TPSA) is 59.4 Å².